The Morgan fingerprint density at radius 1 is 1.15 bits per heavy atom. The fourth-order valence-electron chi connectivity index (χ4n) is 5.34. The second kappa shape index (κ2) is 6.90. The van der Waals surface area contributed by atoms with Crippen LogP contribution in [-0.4, -0.2) is 16.0 Å². The van der Waals surface area contributed by atoms with Crippen LogP contribution >= 0.6 is 0 Å². The van der Waals surface area contributed by atoms with Gasteiger partial charge >= 0.3 is 0 Å². The number of Topliss-reactive ketones (excluding diaryl/α,β-unsaturated/α-hetero) is 1. The van der Waals surface area contributed by atoms with Gasteiger partial charge < -0.3 is 10.2 Å². The lowest BCUT2D eigenvalue weighted by atomic mass is 9.45. The number of ketones is 1. The van der Waals surface area contributed by atoms with E-state index in [9.17, 15) is 15.0 Å². The van der Waals surface area contributed by atoms with Crippen LogP contribution in [0.15, 0.2) is 12.1 Å². The first-order valence-electron chi connectivity index (χ1n) is 10.3. The zero-order valence-corrected chi connectivity index (χ0v) is 16.8. The molecular formula is C23H34O3. The number of phenolic OH excluding ortho intramolecular Hbond substituents is 2. The quantitative estimate of drug-likeness (QED) is 0.624. The van der Waals surface area contributed by atoms with E-state index in [2.05, 4.69) is 20.8 Å². The van der Waals surface area contributed by atoms with Gasteiger partial charge in [-0.2, -0.15) is 0 Å². The first-order valence-corrected chi connectivity index (χ1v) is 10.3. The number of hydrogen-bond donors (Lipinski definition) is 2. The molecule has 0 spiro atoms. The van der Waals surface area contributed by atoms with Crippen molar-refractivity contribution < 1.29 is 15.0 Å². The monoisotopic (exact) mass is 358 g/mol. The van der Waals surface area contributed by atoms with Crippen LogP contribution < -0.4 is 0 Å². The molecule has 2 fully saturated rings. The highest BCUT2D eigenvalue weighted by atomic mass is 16.3. The van der Waals surface area contributed by atoms with Gasteiger partial charge in [-0.25, -0.2) is 0 Å². The summed E-state index contributed by atoms with van der Waals surface area (Å²) in [6.07, 6.45) is 8.30. The van der Waals surface area contributed by atoms with Gasteiger partial charge in [-0.05, 0) is 48.3 Å². The molecule has 1 aromatic carbocycles. The number of fused-ring (bicyclic) bond motifs is 2. The van der Waals surface area contributed by atoms with E-state index in [1.807, 2.05) is 19.1 Å². The van der Waals surface area contributed by atoms with Crippen molar-refractivity contribution >= 4 is 5.78 Å². The Hall–Kier alpha value is -1.51. The third kappa shape index (κ3) is 3.04. The zero-order chi connectivity index (χ0) is 19.1. The second-order valence-corrected chi connectivity index (χ2v) is 9.36. The Morgan fingerprint density at radius 3 is 2.35 bits per heavy atom. The number of aromatic hydroxyl groups is 2. The number of carbonyl (C=O) groups excluding carboxylic acids is 1. The lowest BCUT2D eigenvalue weighted by molar-refractivity contribution is -0.140. The fourth-order valence-corrected chi connectivity index (χ4v) is 5.34. The minimum Gasteiger partial charge on any atom is -0.507 e. The molecule has 2 saturated carbocycles. The number of carbonyl (C=O) groups is 1. The van der Waals surface area contributed by atoms with Crippen molar-refractivity contribution in [2.75, 3.05) is 0 Å². The van der Waals surface area contributed by atoms with E-state index >= 15 is 0 Å². The van der Waals surface area contributed by atoms with E-state index in [-0.39, 0.29) is 28.6 Å². The van der Waals surface area contributed by atoms with Crippen LogP contribution in [0, 0.1) is 11.8 Å². The van der Waals surface area contributed by atoms with Crippen molar-refractivity contribution in [3.63, 3.8) is 0 Å². The van der Waals surface area contributed by atoms with Gasteiger partial charge in [0.25, 0.3) is 0 Å². The van der Waals surface area contributed by atoms with E-state index in [1.54, 1.807) is 0 Å². The Kier molecular flexibility index (Phi) is 5.11. The molecule has 0 amide bonds. The lowest BCUT2D eigenvalue weighted by Gasteiger charge is -2.57. The predicted molar refractivity (Wildman–Crippen MR) is 105 cm³/mol. The van der Waals surface area contributed by atoms with Gasteiger partial charge in [0.1, 0.15) is 17.3 Å². The van der Waals surface area contributed by atoms with Crippen molar-refractivity contribution in [3.05, 3.63) is 23.3 Å². The molecule has 1 unspecified atom stereocenters. The molecule has 2 aliphatic carbocycles. The topological polar surface area (TPSA) is 57.5 Å². The predicted octanol–water partition coefficient (Wildman–Crippen LogP) is 5.60. The molecule has 2 aliphatic rings. The Bertz CT molecular complexity index is 666. The van der Waals surface area contributed by atoms with Crippen molar-refractivity contribution in [2.45, 2.75) is 89.9 Å². The normalized spacial score (nSPS) is 28.1. The van der Waals surface area contributed by atoms with Crippen LogP contribution in [0.5, 0.6) is 11.5 Å². The van der Waals surface area contributed by atoms with Crippen molar-refractivity contribution in [1.29, 1.82) is 0 Å². The average Bonchev–Trinajstić information content (AvgIpc) is 2.57. The van der Waals surface area contributed by atoms with Gasteiger partial charge in [-0.15, -0.1) is 0 Å². The highest BCUT2D eigenvalue weighted by Crippen LogP contribution is 2.62. The summed E-state index contributed by atoms with van der Waals surface area (Å²) in [5.41, 5.74) is 1.07. The van der Waals surface area contributed by atoms with Crippen LogP contribution in [0.3, 0.4) is 0 Å². The molecule has 0 radical (unpaired) electrons. The van der Waals surface area contributed by atoms with Crippen LogP contribution in [0.25, 0.3) is 0 Å². The molecule has 144 valence electrons. The number of phenols is 2. The van der Waals surface area contributed by atoms with Gasteiger partial charge in [0, 0.05) is 23.3 Å². The smallest absolute Gasteiger partial charge is 0.136 e. The van der Waals surface area contributed by atoms with E-state index in [4.69, 9.17) is 0 Å². The fraction of sp³-hybridized carbons (Fsp3) is 0.696. The minimum atomic E-state index is -0.409. The average molecular weight is 359 g/mol. The molecule has 0 aromatic heterocycles. The van der Waals surface area contributed by atoms with Crippen LogP contribution in [-0.2, 0) is 15.6 Å². The molecule has 3 nitrogen and oxygen atoms in total. The number of rotatable bonds is 7. The van der Waals surface area contributed by atoms with Gasteiger partial charge in [0.15, 0.2) is 0 Å². The van der Waals surface area contributed by atoms with Crippen LogP contribution in [0.1, 0.15) is 90.2 Å². The van der Waals surface area contributed by atoms with Crippen LogP contribution in [0.2, 0.25) is 0 Å². The third-order valence-corrected chi connectivity index (χ3v) is 7.29. The molecule has 2 N–H and O–H groups in total. The van der Waals surface area contributed by atoms with Crippen molar-refractivity contribution in [3.8, 4) is 11.5 Å². The largest absolute Gasteiger partial charge is 0.507 e. The van der Waals surface area contributed by atoms with E-state index in [1.165, 1.54) is 19.3 Å². The summed E-state index contributed by atoms with van der Waals surface area (Å²) in [6.45, 7) is 8.61. The molecule has 26 heavy (non-hydrogen) atoms. The Balaban J connectivity index is 1.86. The molecule has 3 heteroatoms. The highest BCUT2D eigenvalue weighted by molar-refractivity contribution is 5.86. The maximum atomic E-state index is 12.3. The summed E-state index contributed by atoms with van der Waals surface area (Å²) < 4.78 is 0. The van der Waals surface area contributed by atoms with Crippen LogP contribution in [0.4, 0.5) is 0 Å². The van der Waals surface area contributed by atoms with Gasteiger partial charge in [-0.1, -0.05) is 53.4 Å². The molecule has 3 atom stereocenters. The highest BCUT2D eigenvalue weighted by Gasteiger charge is 2.59. The summed E-state index contributed by atoms with van der Waals surface area (Å²) in [6, 6.07) is 3.66. The first-order chi connectivity index (χ1) is 12.2. The van der Waals surface area contributed by atoms with E-state index < -0.39 is 5.41 Å². The standard InChI is InChI=1S/C23H34O3/c1-5-6-7-8-11-22(2,3)16-13-19(25)21(20(26)14-16)23(4)15-9-10-18(24)17(23)12-15/h13-15,17,25-26H,5-12H2,1-4H3/t15-,17-,23?/m1/s1. The molecule has 0 saturated heterocycles. The van der Waals surface area contributed by atoms with Gasteiger partial charge in [0.05, 0.1) is 0 Å². The maximum absolute atomic E-state index is 12.3. The SMILES string of the molecule is CCCCCCC(C)(C)c1cc(O)c(C2(C)[C@@H]3CCC(=O)[C@H]2C3)c(O)c1. The lowest BCUT2D eigenvalue weighted by Crippen LogP contribution is -2.57. The second-order valence-electron chi connectivity index (χ2n) is 9.36. The molecule has 3 rings (SSSR count). The molecular weight excluding hydrogens is 324 g/mol. The van der Waals surface area contributed by atoms with E-state index in [0.29, 0.717) is 17.9 Å². The van der Waals surface area contributed by atoms with Gasteiger partial charge in [-0.3, -0.25) is 4.79 Å². The molecule has 0 heterocycles. The summed E-state index contributed by atoms with van der Waals surface area (Å²) >= 11 is 0. The maximum Gasteiger partial charge on any atom is 0.136 e. The van der Waals surface area contributed by atoms with Crippen molar-refractivity contribution in [2.24, 2.45) is 11.8 Å². The molecule has 1 aromatic rings. The number of hydrogen-bond acceptors (Lipinski definition) is 3. The van der Waals surface area contributed by atoms with Gasteiger partial charge in [0.2, 0.25) is 0 Å². The molecule has 2 bridgehead atoms. The summed E-state index contributed by atoms with van der Waals surface area (Å²) in [7, 11) is 0. The third-order valence-electron chi connectivity index (χ3n) is 7.29. The first kappa shape index (κ1) is 19.3. The summed E-state index contributed by atoms with van der Waals surface area (Å²) in [4.78, 5) is 12.3. The van der Waals surface area contributed by atoms with Crippen molar-refractivity contribution in [1.82, 2.24) is 0 Å². The summed E-state index contributed by atoms with van der Waals surface area (Å²) in [5.74, 6) is 0.942. The minimum absolute atomic E-state index is 0.0500. The number of unbranched alkanes of at least 4 members (excludes halogenated alkanes) is 3. The van der Waals surface area contributed by atoms with E-state index in [0.717, 1.165) is 31.2 Å². The zero-order valence-electron chi connectivity index (χ0n) is 16.8. The molecule has 0 aliphatic heterocycles. The summed E-state index contributed by atoms with van der Waals surface area (Å²) in [5, 5.41) is 21.6. The Morgan fingerprint density at radius 2 is 1.81 bits per heavy atom. The Labute approximate surface area is 157 Å². The number of benzene rings is 1.